The number of nitrogens with one attached hydrogen (secondary N) is 1. The molecular formula is C13H22N4O. The average molecular weight is 250 g/mol. The molecule has 0 unspecified atom stereocenters. The standard InChI is InChI=1S/C13H22N4O/c1-9-13(14)10(2)17(16-9)8-12(18)15-7-11-5-3-4-6-11/h11H,3-8,14H2,1-2H3,(H,15,18). The van der Waals surface area contributed by atoms with E-state index in [-0.39, 0.29) is 12.5 Å². The Labute approximate surface area is 108 Å². The molecule has 1 heterocycles. The summed E-state index contributed by atoms with van der Waals surface area (Å²) in [5.41, 5.74) is 8.17. The minimum absolute atomic E-state index is 0.0208. The Kier molecular flexibility index (Phi) is 3.89. The van der Waals surface area contributed by atoms with Gasteiger partial charge in [-0.1, -0.05) is 12.8 Å². The van der Waals surface area contributed by atoms with Gasteiger partial charge in [-0.15, -0.1) is 0 Å². The van der Waals surface area contributed by atoms with E-state index in [0.29, 0.717) is 11.6 Å². The molecule has 5 nitrogen and oxygen atoms in total. The van der Waals surface area contributed by atoms with Crippen molar-refractivity contribution in [2.75, 3.05) is 12.3 Å². The molecule has 0 bridgehead atoms. The number of amides is 1. The highest BCUT2D eigenvalue weighted by Gasteiger charge is 2.16. The third-order valence-corrected chi connectivity index (χ3v) is 3.79. The smallest absolute Gasteiger partial charge is 0.241 e. The minimum atomic E-state index is 0.0208. The van der Waals surface area contributed by atoms with Crippen LogP contribution in [-0.4, -0.2) is 22.2 Å². The van der Waals surface area contributed by atoms with Crippen molar-refractivity contribution in [2.24, 2.45) is 5.92 Å². The molecule has 5 heteroatoms. The Morgan fingerprint density at radius 2 is 2.11 bits per heavy atom. The number of aryl methyl sites for hydroxylation is 1. The quantitative estimate of drug-likeness (QED) is 0.848. The molecule has 1 aliphatic carbocycles. The maximum Gasteiger partial charge on any atom is 0.241 e. The molecule has 0 aromatic carbocycles. The van der Waals surface area contributed by atoms with Crippen LogP contribution in [0, 0.1) is 19.8 Å². The Morgan fingerprint density at radius 3 is 2.67 bits per heavy atom. The van der Waals surface area contributed by atoms with Crippen molar-refractivity contribution >= 4 is 11.6 Å². The van der Waals surface area contributed by atoms with Gasteiger partial charge in [0.2, 0.25) is 5.91 Å². The fraction of sp³-hybridized carbons (Fsp3) is 0.692. The lowest BCUT2D eigenvalue weighted by Gasteiger charge is -2.11. The second kappa shape index (κ2) is 5.42. The number of hydrogen-bond donors (Lipinski definition) is 2. The molecule has 0 aliphatic heterocycles. The second-order valence-corrected chi connectivity index (χ2v) is 5.20. The summed E-state index contributed by atoms with van der Waals surface area (Å²) in [6.45, 7) is 4.80. The zero-order valence-electron chi connectivity index (χ0n) is 11.2. The van der Waals surface area contributed by atoms with Crippen molar-refractivity contribution in [1.29, 1.82) is 0 Å². The van der Waals surface area contributed by atoms with Crippen LogP contribution in [0.25, 0.3) is 0 Å². The molecule has 0 atom stereocenters. The maximum atomic E-state index is 11.8. The van der Waals surface area contributed by atoms with Crippen LogP contribution < -0.4 is 11.1 Å². The predicted molar refractivity (Wildman–Crippen MR) is 71.1 cm³/mol. The molecule has 18 heavy (non-hydrogen) atoms. The van der Waals surface area contributed by atoms with E-state index < -0.39 is 0 Å². The molecule has 0 saturated heterocycles. The summed E-state index contributed by atoms with van der Waals surface area (Å²) in [4.78, 5) is 11.8. The van der Waals surface area contributed by atoms with Gasteiger partial charge in [0.1, 0.15) is 6.54 Å². The van der Waals surface area contributed by atoms with E-state index in [1.807, 2.05) is 13.8 Å². The van der Waals surface area contributed by atoms with Crippen LogP contribution in [0.4, 0.5) is 5.69 Å². The monoisotopic (exact) mass is 250 g/mol. The van der Waals surface area contributed by atoms with E-state index in [1.165, 1.54) is 25.7 Å². The van der Waals surface area contributed by atoms with Crippen molar-refractivity contribution < 1.29 is 4.79 Å². The maximum absolute atomic E-state index is 11.8. The number of nitrogens with zero attached hydrogens (tertiary/aromatic N) is 2. The highest BCUT2D eigenvalue weighted by molar-refractivity contribution is 5.75. The Balaban J connectivity index is 1.84. The minimum Gasteiger partial charge on any atom is -0.396 e. The fourth-order valence-electron chi connectivity index (χ4n) is 2.53. The molecule has 1 amide bonds. The SMILES string of the molecule is Cc1nn(CC(=O)NCC2CCCC2)c(C)c1N. The van der Waals surface area contributed by atoms with Gasteiger partial charge in [0, 0.05) is 6.54 Å². The summed E-state index contributed by atoms with van der Waals surface area (Å²) >= 11 is 0. The van der Waals surface area contributed by atoms with Crippen molar-refractivity contribution in [2.45, 2.75) is 46.1 Å². The third kappa shape index (κ3) is 2.83. The summed E-state index contributed by atoms with van der Waals surface area (Å²) in [6.07, 6.45) is 5.09. The van der Waals surface area contributed by atoms with Crippen LogP contribution in [0.3, 0.4) is 0 Å². The first-order valence-electron chi connectivity index (χ1n) is 6.64. The Bertz CT molecular complexity index is 432. The number of nitrogen functional groups attached to an aromatic ring is 1. The number of nitrogens with two attached hydrogens (primary N) is 1. The van der Waals surface area contributed by atoms with E-state index in [1.54, 1.807) is 4.68 Å². The van der Waals surface area contributed by atoms with Crippen LogP contribution in [0.15, 0.2) is 0 Å². The van der Waals surface area contributed by atoms with Gasteiger partial charge in [0.05, 0.1) is 17.1 Å². The van der Waals surface area contributed by atoms with E-state index in [2.05, 4.69) is 10.4 Å². The molecule has 1 aromatic heterocycles. The largest absolute Gasteiger partial charge is 0.396 e. The molecule has 1 saturated carbocycles. The summed E-state index contributed by atoms with van der Waals surface area (Å²) in [7, 11) is 0. The molecule has 1 aliphatic rings. The van der Waals surface area contributed by atoms with E-state index in [4.69, 9.17) is 5.73 Å². The van der Waals surface area contributed by atoms with E-state index >= 15 is 0 Å². The fourth-order valence-corrected chi connectivity index (χ4v) is 2.53. The first kappa shape index (κ1) is 12.9. The van der Waals surface area contributed by atoms with Crippen LogP contribution in [0.5, 0.6) is 0 Å². The number of hydrogen-bond acceptors (Lipinski definition) is 3. The molecule has 2 rings (SSSR count). The molecule has 1 aromatic rings. The Morgan fingerprint density at radius 1 is 1.44 bits per heavy atom. The van der Waals surface area contributed by atoms with Crippen LogP contribution in [0.1, 0.15) is 37.1 Å². The van der Waals surface area contributed by atoms with Gasteiger partial charge in [-0.05, 0) is 32.6 Å². The zero-order chi connectivity index (χ0) is 13.1. The first-order valence-corrected chi connectivity index (χ1v) is 6.64. The number of carbonyl (C=O) groups is 1. The van der Waals surface area contributed by atoms with Crippen molar-refractivity contribution in [3.8, 4) is 0 Å². The summed E-state index contributed by atoms with van der Waals surface area (Å²) < 4.78 is 1.68. The van der Waals surface area contributed by atoms with E-state index in [9.17, 15) is 4.79 Å². The van der Waals surface area contributed by atoms with Gasteiger partial charge >= 0.3 is 0 Å². The Hall–Kier alpha value is -1.52. The van der Waals surface area contributed by atoms with Crippen LogP contribution >= 0.6 is 0 Å². The van der Waals surface area contributed by atoms with Gasteiger partial charge in [-0.2, -0.15) is 5.10 Å². The van der Waals surface area contributed by atoms with E-state index in [0.717, 1.165) is 17.9 Å². The second-order valence-electron chi connectivity index (χ2n) is 5.20. The molecule has 3 N–H and O–H groups in total. The van der Waals surface area contributed by atoms with Crippen molar-refractivity contribution in [3.05, 3.63) is 11.4 Å². The lowest BCUT2D eigenvalue weighted by Crippen LogP contribution is -2.32. The lowest BCUT2D eigenvalue weighted by atomic mass is 10.1. The summed E-state index contributed by atoms with van der Waals surface area (Å²) in [6, 6.07) is 0. The van der Waals surface area contributed by atoms with Crippen molar-refractivity contribution in [3.63, 3.8) is 0 Å². The normalized spacial score (nSPS) is 16.1. The predicted octanol–water partition coefficient (Wildman–Crippen LogP) is 1.39. The molecule has 1 fully saturated rings. The third-order valence-electron chi connectivity index (χ3n) is 3.79. The van der Waals surface area contributed by atoms with Gasteiger partial charge < -0.3 is 11.1 Å². The molecular weight excluding hydrogens is 228 g/mol. The molecule has 0 spiro atoms. The summed E-state index contributed by atoms with van der Waals surface area (Å²) in [5.74, 6) is 0.687. The first-order chi connectivity index (χ1) is 8.58. The van der Waals surface area contributed by atoms with Gasteiger partial charge in [0.25, 0.3) is 0 Å². The molecule has 100 valence electrons. The topological polar surface area (TPSA) is 72.9 Å². The highest BCUT2D eigenvalue weighted by Crippen LogP contribution is 2.23. The van der Waals surface area contributed by atoms with Gasteiger partial charge in [0.15, 0.2) is 0 Å². The van der Waals surface area contributed by atoms with Gasteiger partial charge in [-0.25, -0.2) is 0 Å². The highest BCUT2D eigenvalue weighted by atomic mass is 16.2. The number of carbonyl (C=O) groups excluding carboxylic acids is 1. The average Bonchev–Trinajstić information content (AvgIpc) is 2.93. The molecule has 0 radical (unpaired) electrons. The summed E-state index contributed by atoms with van der Waals surface area (Å²) in [5, 5.41) is 7.25. The number of anilines is 1. The zero-order valence-corrected chi connectivity index (χ0v) is 11.2. The van der Waals surface area contributed by atoms with Gasteiger partial charge in [-0.3, -0.25) is 9.48 Å². The number of rotatable bonds is 4. The number of aromatic nitrogens is 2. The van der Waals surface area contributed by atoms with Crippen LogP contribution in [0.2, 0.25) is 0 Å². The lowest BCUT2D eigenvalue weighted by molar-refractivity contribution is -0.122. The van der Waals surface area contributed by atoms with Crippen LogP contribution in [-0.2, 0) is 11.3 Å². The van der Waals surface area contributed by atoms with Crippen molar-refractivity contribution in [1.82, 2.24) is 15.1 Å².